The smallest absolute Gasteiger partial charge is 0.261 e. The number of benzene rings is 1. The lowest BCUT2D eigenvalue weighted by atomic mass is 10.2. The molecule has 1 aliphatic rings. The van der Waals surface area contributed by atoms with E-state index in [4.69, 9.17) is 4.74 Å². The molecule has 4 nitrogen and oxygen atoms in total. The Morgan fingerprint density at radius 3 is 2.53 bits per heavy atom. The van der Waals surface area contributed by atoms with Gasteiger partial charge in [0.1, 0.15) is 11.6 Å². The van der Waals surface area contributed by atoms with Crippen LogP contribution in [0, 0.1) is 5.82 Å². The highest BCUT2D eigenvalue weighted by Gasteiger charge is 2.31. The van der Waals surface area contributed by atoms with Gasteiger partial charge in [-0.05, 0) is 19.1 Å². The molecule has 17 heavy (non-hydrogen) atoms. The van der Waals surface area contributed by atoms with Crippen LogP contribution in [0.25, 0.3) is 0 Å². The van der Waals surface area contributed by atoms with Gasteiger partial charge in [0.05, 0.1) is 12.8 Å². The van der Waals surface area contributed by atoms with Gasteiger partial charge in [0, 0.05) is 17.7 Å². The van der Waals surface area contributed by atoms with Crippen LogP contribution in [0.1, 0.15) is 6.92 Å². The zero-order valence-corrected chi connectivity index (χ0v) is 9.36. The molecule has 0 atom stereocenters. The van der Waals surface area contributed by atoms with Crippen molar-refractivity contribution in [1.29, 1.82) is 0 Å². The molecule has 0 fully saturated rings. The first kappa shape index (κ1) is 11.3. The van der Waals surface area contributed by atoms with E-state index in [0.717, 1.165) is 11.0 Å². The SMILES string of the molecule is COc1ccc(F)c(N2C(=O)C=C(C)C2=O)c1. The van der Waals surface area contributed by atoms with Crippen molar-refractivity contribution in [3.63, 3.8) is 0 Å². The van der Waals surface area contributed by atoms with E-state index in [1.165, 1.54) is 32.2 Å². The zero-order chi connectivity index (χ0) is 12.6. The van der Waals surface area contributed by atoms with E-state index >= 15 is 0 Å². The number of amides is 2. The van der Waals surface area contributed by atoms with Crippen LogP contribution in [-0.4, -0.2) is 18.9 Å². The fraction of sp³-hybridized carbons (Fsp3) is 0.167. The third-order valence-electron chi connectivity index (χ3n) is 2.50. The van der Waals surface area contributed by atoms with Crippen molar-refractivity contribution in [2.24, 2.45) is 0 Å². The van der Waals surface area contributed by atoms with E-state index in [1.54, 1.807) is 0 Å². The van der Waals surface area contributed by atoms with Crippen LogP contribution in [0.2, 0.25) is 0 Å². The molecule has 0 spiro atoms. The van der Waals surface area contributed by atoms with E-state index in [2.05, 4.69) is 0 Å². The summed E-state index contributed by atoms with van der Waals surface area (Å²) >= 11 is 0. The van der Waals surface area contributed by atoms with Crippen molar-refractivity contribution in [3.8, 4) is 5.75 Å². The molecule has 1 aliphatic heterocycles. The molecule has 0 bridgehead atoms. The maximum Gasteiger partial charge on any atom is 0.261 e. The summed E-state index contributed by atoms with van der Waals surface area (Å²) in [7, 11) is 1.42. The summed E-state index contributed by atoms with van der Waals surface area (Å²) in [5.74, 6) is -1.32. The third kappa shape index (κ3) is 1.80. The lowest BCUT2D eigenvalue weighted by Crippen LogP contribution is -2.31. The number of hydrogen-bond acceptors (Lipinski definition) is 3. The number of ether oxygens (including phenoxy) is 1. The van der Waals surface area contributed by atoms with Gasteiger partial charge in [-0.15, -0.1) is 0 Å². The van der Waals surface area contributed by atoms with Crippen LogP contribution >= 0.6 is 0 Å². The molecule has 1 aromatic rings. The van der Waals surface area contributed by atoms with Crippen LogP contribution in [0.5, 0.6) is 5.75 Å². The van der Waals surface area contributed by atoms with Crippen molar-refractivity contribution < 1.29 is 18.7 Å². The van der Waals surface area contributed by atoms with Crippen molar-refractivity contribution in [3.05, 3.63) is 35.7 Å². The largest absolute Gasteiger partial charge is 0.497 e. The molecule has 0 saturated heterocycles. The molecule has 1 aromatic carbocycles. The van der Waals surface area contributed by atoms with Crippen LogP contribution in [0.15, 0.2) is 29.8 Å². The fourth-order valence-corrected chi connectivity index (χ4v) is 1.61. The van der Waals surface area contributed by atoms with E-state index in [9.17, 15) is 14.0 Å². The summed E-state index contributed by atoms with van der Waals surface area (Å²) in [4.78, 5) is 24.1. The molecule has 0 aliphatic carbocycles. The summed E-state index contributed by atoms with van der Waals surface area (Å²) in [6, 6.07) is 3.89. The van der Waals surface area contributed by atoms with Gasteiger partial charge < -0.3 is 4.74 Å². The highest BCUT2D eigenvalue weighted by Crippen LogP contribution is 2.28. The van der Waals surface area contributed by atoms with Gasteiger partial charge >= 0.3 is 0 Å². The van der Waals surface area contributed by atoms with Gasteiger partial charge in [-0.3, -0.25) is 9.59 Å². The average molecular weight is 235 g/mol. The van der Waals surface area contributed by atoms with E-state index in [0.29, 0.717) is 5.75 Å². The molecular formula is C12H10FNO3. The second-order valence-corrected chi connectivity index (χ2v) is 3.62. The van der Waals surface area contributed by atoms with Gasteiger partial charge in [0.15, 0.2) is 0 Å². The number of imide groups is 1. The average Bonchev–Trinajstić information content (AvgIpc) is 2.55. The Labute approximate surface area is 97.3 Å². The van der Waals surface area contributed by atoms with Gasteiger partial charge in [-0.25, -0.2) is 9.29 Å². The lowest BCUT2D eigenvalue weighted by Gasteiger charge is -2.16. The molecule has 0 saturated carbocycles. The molecule has 0 aromatic heterocycles. The molecular weight excluding hydrogens is 225 g/mol. The molecule has 1 heterocycles. The highest BCUT2D eigenvalue weighted by molar-refractivity contribution is 6.30. The van der Waals surface area contributed by atoms with E-state index in [-0.39, 0.29) is 11.3 Å². The maximum absolute atomic E-state index is 13.6. The molecule has 5 heteroatoms. The molecule has 0 radical (unpaired) electrons. The first-order valence-electron chi connectivity index (χ1n) is 4.95. The number of rotatable bonds is 2. The zero-order valence-electron chi connectivity index (χ0n) is 9.36. The molecule has 0 unspecified atom stereocenters. The van der Waals surface area contributed by atoms with Crippen LogP contribution in [0.3, 0.4) is 0 Å². The van der Waals surface area contributed by atoms with Gasteiger partial charge in [0.2, 0.25) is 0 Å². The minimum atomic E-state index is -0.643. The minimum absolute atomic E-state index is 0.0903. The number of carbonyl (C=O) groups is 2. The number of hydrogen-bond donors (Lipinski definition) is 0. The summed E-state index contributed by atoms with van der Waals surface area (Å²) in [5.41, 5.74) is 0.199. The Hall–Kier alpha value is -2.17. The monoisotopic (exact) mass is 235 g/mol. The van der Waals surface area contributed by atoms with E-state index in [1.807, 2.05) is 0 Å². The quantitative estimate of drug-likeness (QED) is 0.732. The number of anilines is 1. The Morgan fingerprint density at radius 2 is 2.00 bits per heavy atom. The second-order valence-electron chi connectivity index (χ2n) is 3.62. The van der Waals surface area contributed by atoms with Crippen molar-refractivity contribution in [2.45, 2.75) is 6.92 Å². The fourth-order valence-electron chi connectivity index (χ4n) is 1.61. The Bertz CT molecular complexity index is 537. The number of halogens is 1. The number of methoxy groups -OCH3 is 1. The third-order valence-corrected chi connectivity index (χ3v) is 2.50. The van der Waals surface area contributed by atoms with E-state index < -0.39 is 17.6 Å². The van der Waals surface area contributed by atoms with Crippen LogP contribution in [0.4, 0.5) is 10.1 Å². The second kappa shape index (κ2) is 4.01. The Morgan fingerprint density at radius 1 is 1.29 bits per heavy atom. The van der Waals surface area contributed by atoms with Gasteiger partial charge in [-0.2, -0.15) is 0 Å². The number of carbonyl (C=O) groups excluding carboxylic acids is 2. The maximum atomic E-state index is 13.6. The van der Waals surface area contributed by atoms with Gasteiger partial charge in [0.25, 0.3) is 11.8 Å². The Balaban J connectivity index is 2.48. The normalized spacial score (nSPS) is 15.2. The van der Waals surface area contributed by atoms with Crippen molar-refractivity contribution in [2.75, 3.05) is 12.0 Å². The predicted octanol–water partition coefficient (Wildman–Crippen LogP) is 1.65. The van der Waals surface area contributed by atoms with Crippen molar-refractivity contribution >= 4 is 17.5 Å². The lowest BCUT2D eigenvalue weighted by molar-refractivity contribution is -0.120. The van der Waals surface area contributed by atoms with Crippen LogP contribution in [-0.2, 0) is 9.59 Å². The summed E-state index contributed by atoms with van der Waals surface area (Å²) < 4.78 is 18.5. The molecule has 2 amide bonds. The summed E-state index contributed by atoms with van der Waals surface area (Å²) in [6.45, 7) is 1.51. The van der Waals surface area contributed by atoms with Crippen molar-refractivity contribution in [1.82, 2.24) is 0 Å². The topological polar surface area (TPSA) is 46.6 Å². The summed E-state index contributed by atoms with van der Waals surface area (Å²) in [5, 5.41) is 0. The molecule has 2 rings (SSSR count). The highest BCUT2D eigenvalue weighted by atomic mass is 19.1. The number of nitrogens with zero attached hydrogens (tertiary/aromatic N) is 1. The Kier molecular flexibility index (Phi) is 2.67. The van der Waals surface area contributed by atoms with Crippen LogP contribution < -0.4 is 9.64 Å². The first-order chi connectivity index (χ1) is 8.04. The standard InChI is InChI=1S/C12H10FNO3/c1-7-5-11(15)14(12(7)16)10-6-8(17-2)3-4-9(10)13/h3-6H,1-2H3. The van der Waals surface area contributed by atoms with Gasteiger partial charge in [-0.1, -0.05) is 0 Å². The predicted molar refractivity (Wildman–Crippen MR) is 59.2 cm³/mol. The molecule has 0 N–H and O–H groups in total. The minimum Gasteiger partial charge on any atom is -0.497 e. The summed E-state index contributed by atoms with van der Waals surface area (Å²) in [6.07, 6.45) is 1.18. The first-order valence-corrected chi connectivity index (χ1v) is 4.95. The molecule has 88 valence electrons.